The normalized spacial score (nSPS) is 17.7. The molecule has 3 aromatic rings. The lowest BCUT2D eigenvalue weighted by molar-refractivity contribution is 0.0946. The monoisotopic (exact) mass is 398 g/mol. The van der Waals surface area contributed by atoms with Crippen molar-refractivity contribution in [2.24, 2.45) is 0 Å². The maximum Gasteiger partial charge on any atom is 0.261 e. The van der Waals surface area contributed by atoms with E-state index in [9.17, 15) is 22.4 Å². The van der Waals surface area contributed by atoms with Gasteiger partial charge in [0.25, 0.3) is 11.5 Å². The zero-order valence-corrected chi connectivity index (χ0v) is 15.3. The Balaban J connectivity index is 1.67. The Hall–Kier alpha value is -3.26. The molecule has 0 fully saturated rings. The summed E-state index contributed by atoms with van der Waals surface area (Å²) in [5.74, 6) is -1.26. The van der Waals surface area contributed by atoms with Crippen LogP contribution in [0, 0.1) is 5.82 Å². The van der Waals surface area contributed by atoms with Gasteiger partial charge >= 0.3 is 0 Å². The minimum Gasteiger partial charge on any atom is -0.345 e. The summed E-state index contributed by atoms with van der Waals surface area (Å²) >= 11 is 0. The number of carbonyl (C=O) groups excluding carboxylic acids is 1. The van der Waals surface area contributed by atoms with Gasteiger partial charge in [-0.1, -0.05) is 30.3 Å². The molecular weight excluding hydrogens is 383 g/mol. The van der Waals surface area contributed by atoms with Gasteiger partial charge in [-0.25, -0.2) is 12.8 Å². The number of nitrogens with one attached hydrogen (secondary N) is 2. The maximum atomic E-state index is 14.0. The molecule has 4 rings (SSSR count). The van der Waals surface area contributed by atoms with E-state index in [4.69, 9.17) is 0 Å². The van der Waals surface area contributed by atoms with E-state index in [0.29, 0.717) is 22.0 Å². The molecule has 0 aliphatic carbocycles. The molecule has 2 N–H and O–H groups in total. The Morgan fingerprint density at radius 1 is 1.14 bits per heavy atom. The Kier molecular flexibility index (Phi) is 4.35. The quantitative estimate of drug-likeness (QED) is 0.708. The summed E-state index contributed by atoms with van der Waals surface area (Å²) < 4.78 is 36.9. The highest BCUT2D eigenvalue weighted by molar-refractivity contribution is 7.94. The van der Waals surface area contributed by atoms with Crippen LogP contribution in [0.4, 0.5) is 4.39 Å². The summed E-state index contributed by atoms with van der Waals surface area (Å²) in [6, 6.07) is 12.1. The lowest BCUT2D eigenvalue weighted by Gasteiger charge is -2.10. The Morgan fingerprint density at radius 3 is 2.64 bits per heavy atom. The number of amides is 1. The fraction of sp³-hybridized carbons (Fsp3) is 0.100. The van der Waals surface area contributed by atoms with Gasteiger partial charge in [-0.2, -0.15) is 0 Å². The second-order valence-corrected chi connectivity index (χ2v) is 8.46. The third-order valence-corrected chi connectivity index (χ3v) is 5.92. The minimum atomic E-state index is -3.31. The van der Waals surface area contributed by atoms with E-state index in [1.165, 1.54) is 18.2 Å². The van der Waals surface area contributed by atoms with Gasteiger partial charge in [0, 0.05) is 16.5 Å². The summed E-state index contributed by atoms with van der Waals surface area (Å²) in [6.07, 6.45) is 1.38. The molecule has 0 saturated carbocycles. The van der Waals surface area contributed by atoms with Gasteiger partial charge in [-0.15, -0.1) is 0 Å². The van der Waals surface area contributed by atoms with Crippen molar-refractivity contribution in [1.82, 2.24) is 10.3 Å². The Bertz CT molecular complexity index is 1300. The standard InChI is InChI=1S/C20H15FN2O4S/c21-17-4-2-1-3-15(17)12-5-6-13-9-16(20(25)23-18(13)10-12)19(24)22-14-7-8-28(26,27)11-14/h1-10,14H,11H2,(H,22,24)(H,23,25). The average Bonchev–Trinajstić information content (AvgIpc) is 2.99. The van der Waals surface area contributed by atoms with E-state index in [1.54, 1.807) is 36.4 Å². The number of aromatic amines is 1. The van der Waals surface area contributed by atoms with E-state index in [1.807, 2.05) is 0 Å². The van der Waals surface area contributed by atoms with Gasteiger partial charge in [0.05, 0.1) is 11.8 Å². The molecule has 2 aromatic carbocycles. The van der Waals surface area contributed by atoms with E-state index in [-0.39, 0.29) is 17.1 Å². The molecule has 6 nitrogen and oxygen atoms in total. The van der Waals surface area contributed by atoms with E-state index < -0.39 is 27.3 Å². The first-order valence-corrected chi connectivity index (χ1v) is 10.2. The molecule has 1 amide bonds. The van der Waals surface area contributed by atoms with Crippen LogP contribution in [0.2, 0.25) is 0 Å². The van der Waals surface area contributed by atoms with Crippen LogP contribution in [0.15, 0.2) is 64.8 Å². The molecule has 1 unspecified atom stereocenters. The molecule has 28 heavy (non-hydrogen) atoms. The average molecular weight is 398 g/mol. The fourth-order valence-corrected chi connectivity index (χ4v) is 4.38. The second kappa shape index (κ2) is 6.72. The number of aromatic nitrogens is 1. The molecular formula is C20H15FN2O4S. The highest BCUT2D eigenvalue weighted by atomic mass is 32.2. The number of carbonyl (C=O) groups is 1. The van der Waals surface area contributed by atoms with E-state index in [0.717, 1.165) is 5.41 Å². The lowest BCUT2D eigenvalue weighted by Crippen LogP contribution is -2.38. The van der Waals surface area contributed by atoms with Crippen molar-refractivity contribution in [2.45, 2.75) is 6.04 Å². The summed E-state index contributed by atoms with van der Waals surface area (Å²) in [4.78, 5) is 27.4. The van der Waals surface area contributed by atoms with Gasteiger partial charge in [-0.3, -0.25) is 9.59 Å². The largest absolute Gasteiger partial charge is 0.345 e. The fourth-order valence-electron chi connectivity index (χ4n) is 3.14. The van der Waals surface area contributed by atoms with Crippen molar-refractivity contribution in [3.8, 4) is 11.1 Å². The van der Waals surface area contributed by atoms with Crippen LogP contribution in [0.5, 0.6) is 0 Å². The Labute approximate surface area is 159 Å². The highest BCUT2D eigenvalue weighted by Crippen LogP contribution is 2.25. The van der Waals surface area contributed by atoms with Crippen molar-refractivity contribution in [1.29, 1.82) is 0 Å². The molecule has 0 radical (unpaired) electrons. The number of benzene rings is 2. The van der Waals surface area contributed by atoms with Crippen LogP contribution >= 0.6 is 0 Å². The number of H-pyrrole nitrogens is 1. The summed E-state index contributed by atoms with van der Waals surface area (Å²) in [5.41, 5.74) is 0.732. The number of sulfone groups is 1. The number of hydrogen-bond acceptors (Lipinski definition) is 4. The number of pyridine rings is 1. The maximum absolute atomic E-state index is 14.0. The van der Waals surface area contributed by atoms with Crippen LogP contribution in [-0.4, -0.2) is 31.1 Å². The minimum absolute atomic E-state index is 0.121. The van der Waals surface area contributed by atoms with Crippen LogP contribution < -0.4 is 10.9 Å². The van der Waals surface area contributed by atoms with Crippen molar-refractivity contribution in [3.63, 3.8) is 0 Å². The van der Waals surface area contributed by atoms with Crippen molar-refractivity contribution < 1.29 is 17.6 Å². The topological polar surface area (TPSA) is 96.1 Å². The lowest BCUT2D eigenvalue weighted by atomic mass is 10.0. The zero-order chi connectivity index (χ0) is 19.9. The number of hydrogen-bond donors (Lipinski definition) is 2. The first-order valence-electron chi connectivity index (χ1n) is 8.46. The molecule has 1 aromatic heterocycles. The highest BCUT2D eigenvalue weighted by Gasteiger charge is 2.24. The third kappa shape index (κ3) is 3.46. The molecule has 2 heterocycles. The summed E-state index contributed by atoms with van der Waals surface area (Å²) in [6.45, 7) is 0. The SMILES string of the molecule is O=C(NC1C=CS(=O)(=O)C1)c1cc2ccc(-c3ccccc3F)cc2[nH]c1=O. The van der Waals surface area contributed by atoms with Gasteiger partial charge in [0.15, 0.2) is 9.84 Å². The predicted molar refractivity (Wildman–Crippen MR) is 104 cm³/mol. The number of fused-ring (bicyclic) bond motifs is 1. The number of rotatable bonds is 3. The predicted octanol–water partition coefficient (Wildman–Crippen LogP) is 2.37. The Morgan fingerprint density at radius 2 is 1.93 bits per heavy atom. The van der Waals surface area contributed by atoms with Crippen LogP contribution in [0.3, 0.4) is 0 Å². The molecule has 0 bridgehead atoms. The van der Waals surface area contributed by atoms with Gasteiger partial charge in [-0.05, 0) is 35.2 Å². The van der Waals surface area contributed by atoms with Gasteiger partial charge in [0.1, 0.15) is 11.4 Å². The summed E-state index contributed by atoms with van der Waals surface area (Å²) in [7, 11) is -3.31. The van der Waals surface area contributed by atoms with E-state index in [2.05, 4.69) is 10.3 Å². The molecule has 1 atom stereocenters. The zero-order valence-electron chi connectivity index (χ0n) is 14.5. The van der Waals surface area contributed by atoms with Gasteiger partial charge < -0.3 is 10.3 Å². The molecule has 142 valence electrons. The first kappa shape index (κ1) is 18.1. The first-order chi connectivity index (χ1) is 13.3. The van der Waals surface area contributed by atoms with Crippen LogP contribution in [0.1, 0.15) is 10.4 Å². The molecule has 8 heteroatoms. The summed E-state index contributed by atoms with van der Waals surface area (Å²) in [5, 5.41) is 4.17. The third-order valence-electron chi connectivity index (χ3n) is 4.52. The smallest absolute Gasteiger partial charge is 0.261 e. The number of halogens is 1. The molecule has 1 aliphatic rings. The molecule has 0 saturated heterocycles. The van der Waals surface area contributed by atoms with Gasteiger partial charge in [0.2, 0.25) is 0 Å². The van der Waals surface area contributed by atoms with E-state index >= 15 is 0 Å². The molecule has 1 aliphatic heterocycles. The van der Waals surface area contributed by atoms with Crippen molar-refractivity contribution in [2.75, 3.05) is 5.75 Å². The van der Waals surface area contributed by atoms with Crippen LogP contribution in [-0.2, 0) is 9.84 Å². The second-order valence-electron chi connectivity index (χ2n) is 6.53. The van der Waals surface area contributed by atoms with Crippen molar-refractivity contribution in [3.05, 3.63) is 81.7 Å². The molecule has 0 spiro atoms. The van der Waals surface area contributed by atoms with Crippen LogP contribution in [0.25, 0.3) is 22.0 Å². The van der Waals surface area contributed by atoms with Crippen molar-refractivity contribution >= 4 is 26.6 Å².